The molecule has 1 unspecified atom stereocenters. The number of rotatable bonds is 16. The van der Waals surface area contributed by atoms with Crippen molar-refractivity contribution in [2.75, 3.05) is 6.61 Å². The highest BCUT2D eigenvalue weighted by atomic mass is 19.2. The third-order valence-corrected chi connectivity index (χ3v) is 5.13. The van der Waals surface area contributed by atoms with E-state index in [1.807, 2.05) is 32.9 Å². The molecule has 0 heterocycles. The Bertz CT molecular complexity index is 970. The maximum atomic E-state index is 14.6. The third kappa shape index (κ3) is 10.9. The lowest BCUT2D eigenvalue weighted by Crippen LogP contribution is -2.13. The molecule has 0 aromatic heterocycles. The van der Waals surface area contributed by atoms with Crippen LogP contribution in [0.5, 0.6) is 0 Å². The highest BCUT2D eigenvalue weighted by Crippen LogP contribution is 2.31. The zero-order chi connectivity index (χ0) is 27.3. The summed E-state index contributed by atoms with van der Waals surface area (Å²) in [7, 11) is 0. The number of unbranched alkanes of at least 4 members (excludes halogenated alkanes) is 1. The number of hydrogen-bond donors (Lipinski definition) is 0. The minimum Gasteiger partial charge on any atom is -0.378 e. The standard InChI is InChI=1S/C30H38F4O/c1-11-12-13-14-15-22(6)27(31)28(32)24(8)20(4)16-17-21(5)25(9)29(33)30(34)26(10)23(7)18-35-19(2)3/h11-12,16-17,19,23H,4-6,8-10,13-15,18H2,1-3,7H3/b12-11-,17-16-,28-27-,30-29-. The zero-order valence-electron chi connectivity index (χ0n) is 21.5. The lowest BCUT2D eigenvalue weighted by molar-refractivity contribution is 0.0625. The van der Waals surface area contributed by atoms with Gasteiger partial charge in [0.05, 0.1) is 12.7 Å². The molecule has 0 saturated carbocycles. The summed E-state index contributed by atoms with van der Waals surface area (Å²) in [5.74, 6) is -5.07. The van der Waals surface area contributed by atoms with E-state index in [0.29, 0.717) is 12.8 Å². The Labute approximate surface area is 208 Å². The second-order valence-corrected chi connectivity index (χ2v) is 8.47. The quantitative estimate of drug-likeness (QED) is 0.0905. The monoisotopic (exact) mass is 490 g/mol. The number of allylic oxidation sites excluding steroid dienone is 13. The van der Waals surface area contributed by atoms with Gasteiger partial charge in [-0.1, -0.05) is 70.7 Å². The van der Waals surface area contributed by atoms with Crippen LogP contribution in [-0.2, 0) is 4.74 Å². The molecule has 0 aliphatic carbocycles. The molecule has 0 fully saturated rings. The van der Waals surface area contributed by atoms with E-state index in [1.165, 1.54) is 12.2 Å². The Morgan fingerprint density at radius 2 is 1.26 bits per heavy atom. The van der Waals surface area contributed by atoms with E-state index in [-0.39, 0.29) is 46.1 Å². The Kier molecular flexibility index (Phi) is 14.6. The molecule has 0 amide bonds. The average Bonchev–Trinajstić information content (AvgIpc) is 2.84. The lowest BCUT2D eigenvalue weighted by Gasteiger charge is -2.16. The molecule has 5 heteroatoms. The second-order valence-electron chi connectivity index (χ2n) is 8.47. The van der Waals surface area contributed by atoms with Crippen LogP contribution in [0, 0.1) is 5.92 Å². The van der Waals surface area contributed by atoms with Crippen molar-refractivity contribution >= 4 is 0 Å². The van der Waals surface area contributed by atoms with Crippen LogP contribution >= 0.6 is 0 Å². The maximum Gasteiger partial charge on any atom is 0.166 e. The molecular formula is C30H38F4O. The highest BCUT2D eigenvalue weighted by molar-refractivity contribution is 5.54. The summed E-state index contributed by atoms with van der Waals surface area (Å²) < 4.78 is 63.6. The summed E-state index contributed by atoms with van der Waals surface area (Å²) in [6.45, 7) is 29.0. The molecule has 1 atom stereocenters. The van der Waals surface area contributed by atoms with Gasteiger partial charge in [0.2, 0.25) is 0 Å². The molecule has 0 aromatic carbocycles. The average molecular weight is 491 g/mol. The minimum absolute atomic E-state index is 0.0173. The molecule has 0 rings (SSSR count). The van der Waals surface area contributed by atoms with Crippen LogP contribution in [0.25, 0.3) is 0 Å². The van der Waals surface area contributed by atoms with E-state index < -0.39 is 29.2 Å². The molecule has 0 radical (unpaired) electrons. The van der Waals surface area contributed by atoms with Gasteiger partial charge < -0.3 is 4.74 Å². The summed E-state index contributed by atoms with van der Waals surface area (Å²) in [5.41, 5.74) is -0.592. The molecular weight excluding hydrogens is 452 g/mol. The number of ether oxygens (including phenoxy) is 1. The van der Waals surface area contributed by atoms with Gasteiger partial charge in [0.1, 0.15) is 0 Å². The van der Waals surface area contributed by atoms with E-state index in [9.17, 15) is 17.6 Å². The molecule has 0 aliphatic rings. The Morgan fingerprint density at radius 1 is 0.771 bits per heavy atom. The molecule has 0 saturated heterocycles. The van der Waals surface area contributed by atoms with E-state index >= 15 is 0 Å². The van der Waals surface area contributed by atoms with Crippen molar-refractivity contribution in [3.63, 3.8) is 0 Å². The molecule has 0 aromatic rings. The number of halogens is 4. The molecule has 192 valence electrons. The topological polar surface area (TPSA) is 9.23 Å². The second kappa shape index (κ2) is 15.9. The van der Waals surface area contributed by atoms with Crippen LogP contribution in [0.15, 0.2) is 121 Å². The molecule has 35 heavy (non-hydrogen) atoms. The van der Waals surface area contributed by atoms with Gasteiger partial charge in [-0.2, -0.15) is 0 Å². The van der Waals surface area contributed by atoms with Gasteiger partial charge in [-0.3, -0.25) is 0 Å². The van der Waals surface area contributed by atoms with E-state index in [4.69, 9.17) is 4.74 Å². The van der Waals surface area contributed by atoms with Crippen molar-refractivity contribution in [1.29, 1.82) is 0 Å². The first kappa shape index (κ1) is 32.1. The van der Waals surface area contributed by atoms with E-state index in [1.54, 1.807) is 6.92 Å². The van der Waals surface area contributed by atoms with Gasteiger partial charge >= 0.3 is 0 Å². The molecule has 1 nitrogen and oxygen atoms in total. The minimum atomic E-state index is -1.21. The molecule has 0 bridgehead atoms. The Morgan fingerprint density at radius 3 is 1.71 bits per heavy atom. The Hall–Kier alpha value is -2.92. The van der Waals surface area contributed by atoms with Crippen LogP contribution in [-0.4, -0.2) is 12.7 Å². The van der Waals surface area contributed by atoms with E-state index in [0.717, 1.165) is 6.42 Å². The fraction of sp³-hybridized carbons (Fsp3) is 0.333. The maximum absolute atomic E-state index is 14.6. The molecule has 0 spiro atoms. The molecule has 0 aliphatic heterocycles. The zero-order valence-corrected chi connectivity index (χ0v) is 21.5. The van der Waals surface area contributed by atoms with Gasteiger partial charge in [-0.15, -0.1) is 0 Å². The van der Waals surface area contributed by atoms with Gasteiger partial charge in [0.25, 0.3) is 0 Å². The first-order valence-electron chi connectivity index (χ1n) is 11.4. The summed E-state index contributed by atoms with van der Waals surface area (Å²) in [6.07, 6.45) is 7.96. The number of hydrogen-bond acceptors (Lipinski definition) is 1. The normalized spacial score (nSPS) is 14.1. The predicted octanol–water partition coefficient (Wildman–Crippen LogP) is 9.99. The fourth-order valence-electron chi connectivity index (χ4n) is 2.61. The lowest BCUT2D eigenvalue weighted by atomic mass is 9.98. The smallest absolute Gasteiger partial charge is 0.166 e. The van der Waals surface area contributed by atoms with Crippen molar-refractivity contribution in [3.8, 4) is 0 Å². The van der Waals surface area contributed by atoms with Crippen LogP contribution < -0.4 is 0 Å². The Balaban J connectivity index is 5.30. The first-order valence-corrected chi connectivity index (χ1v) is 11.4. The van der Waals surface area contributed by atoms with Crippen LogP contribution in [0.4, 0.5) is 17.6 Å². The third-order valence-electron chi connectivity index (χ3n) is 5.13. The fourth-order valence-corrected chi connectivity index (χ4v) is 2.61. The SMILES string of the molecule is C=C(/C=C\C(=C)C(=C)/C(F)=C(/F)C(=C)C(C)COC(C)C)C(=C)/C(F)=C(/F)C(=C)CCC/C=C\C. The van der Waals surface area contributed by atoms with Gasteiger partial charge in [0.15, 0.2) is 23.3 Å². The predicted molar refractivity (Wildman–Crippen MR) is 141 cm³/mol. The molecule has 0 N–H and O–H groups in total. The summed E-state index contributed by atoms with van der Waals surface area (Å²) in [4.78, 5) is 0. The highest BCUT2D eigenvalue weighted by Gasteiger charge is 2.19. The van der Waals surface area contributed by atoms with Crippen molar-refractivity contribution in [3.05, 3.63) is 121 Å². The largest absolute Gasteiger partial charge is 0.378 e. The summed E-state index contributed by atoms with van der Waals surface area (Å²) in [5, 5.41) is 0. The van der Waals surface area contributed by atoms with Crippen LogP contribution in [0.3, 0.4) is 0 Å². The van der Waals surface area contributed by atoms with Crippen molar-refractivity contribution < 1.29 is 22.3 Å². The first-order chi connectivity index (χ1) is 16.3. The van der Waals surface area contributed by atoms with Crippen LogP contribution in [0.1, 0.15) is 47.0 Å². The van der Waals surface area contributed by atoms with Gasteiger partial charge in [-0.25, -0.2) is 17.6 Å². The van der Waals surface area contributed by atoms with E-state index in [2.05, 4.69) is 39.5 Å². The van der Waals surface area contributed by atoms with Crippen molar-refractivity contribution in [2.24, 2.45) is 5.92 Å². The van der Waals surface area contributed by atoms with Crippen LogP contribution in [0.2, 0.25) is 0 Å². The van der Waals surface area contributed by atoms with Crippen molar-refractivity contribution in [2.45, 2.75) is 53.1 Å². The summed E-state index contributed by atoms with van der Waals surface area (Å²) in [6, 6.07) is 0. The van der Waals surface area contributed by atoms with Crippen molar-refractivity contribution in [1.82, 2.24) is 0 Å². The summed E-state index contributed by atoms with van der Waals surface area (Å²) >= 11 is 0. The van der Waals surface area contributed by atoms with Gasteiger partial charge in [0, 0.05) is 17.1 Å². The van der Waals surface area contributed by atoms with Gasteiger partial charge in [-0.05, 0) is 62.3 Å².